The lowest BCUT2D eigenvalue weighted by atomic mass is 10.1. The molecule has 1 aliphatic heterocycles. The number of nitro groups is 2. The number of aliphatic imine (C=N–C) groups is 1. The first kappa shape index (κ1) is 34.1. The summed E-state index contributed by atoms with van der Waals surface area (Å²) in [6, 6.07) is 5.08. The van der Waals surface area contributed by atoms with Gasteiger partial charge in [0.25, 0.3) is 11.6 Å². The van der Waals surface area contributed by atoms with Crippen LogP contribution in [-0.2, 0) is 25.6 Å². The second kappa shape index (κ2) is 19.1. The number of ether oxygens (including phenoxy) is 3. The monoisotopic (exact) mass is 597 g/mol. The lowest BCUT2D eigenvalue weighted by Gasteiger charge is -2.35. The van der Waals surface area contributed by atoms with E-state index >= 15 is 0 Å². The van der Waals surface area contributed by atoms with E-state index in [1.807, 2.05) is 0 Å². The quantitative estimate of drug-likeness (QED) is 0.0533. The number of alkyl carbamates (subject to hydrolysis) is 1. The number of nitrogens with one attached hydrogen (secondary N) is 2. The van der Waals surface area contributed by atoms with Crippen LogP contribution < -0.4 is 22.2 Å². The standard InChI is InChI=1S/C24H39N9O9/c25-21(2-1-7-27-23(26)29-33(38)39)22(34)31-11-9-30(10-12-31)13-15-41-17-16-40-14-8-28-24(35)42-18-19-3-5-20(6-4-19)32(36)37/h3-6,21H,1-2,7-18,25H2,(H,28,35)(H3,26,27,29)/t21-/m0/s1. The minimum atomic E-state index is -0.796. The highest BCUT2D eigenvalue weighted by atomic mass is 16.7. The molecule has 1 aromatic carbocycles. The van der Waals surface area contributed by atoms with Crippen LogP contribution in [0.1, 0.15) is 18.4 Å². The number of carbonyl (C=O) groups is 2. The zero-order valence-electron chi connectivity index (χ0n) is 23.4. The molecule has 1 aliphatic rings. The van der Waals surface area contributed by atoms with Crippen LogP contribution in [0.2, 0.25) is 0 Å². The molecule has 2 amide bonds. The van der Waals surface area contributed by atoms with Crippen LogP contribution in [0.25, 0.3) is 0 Å². The maximum Gasteiger partial charge on any atom is 0.407 e. The van der Waals surface area contributed by atoms with Gasteiger partial charge in [-0.25, -0.2) is 19.9 Å². The number of hydrazine groups is 1. The number of guanidine groups is 1. The average Bonchev–Trinajstić information content (AvgIpc) is 2.97. The van der Waals surface area contributed by atoms with Crippen molar-refractivity contribution in [2.75, 3.05) is 72.2 Å². The number of benzene rings is 1. The molecular formula is C24H39N9O9. The van der Waals surface area contributed by atoms with Crippen LogP contribution in [0.5, 0.6) is 0 Å². The van der Waals surface area contributed by atoms with Gasteiger partial charge in [0.05, 0.1) is 37.4 Å². The molecule has 0 saturated carbocycles. The third-order valence-electron chi connectivity index (χ3n) is 6.12. The molecule has 1 atom stereocenters. The lowest BCUT2D eigenvalue weighted by molar-refractivity contribution is -0.525. The molecule has 0 aromatic heterocycles. The minimum Gasteiger partial charge on any atom is -0.445 e. The summed E-state index contributed by atoms with van der Waals surface area (Å²) in [5.74, 6) is -0.421. The molecule has 0 unspecified atom stereocenters. The minimum absolute atomic E-state index is 0.00135. The van der Waals surface area contributed by atoms with E-state index in [9.17, 15) is 29.8 Å². The summed E-state index contributed by atoms with van der Waals surface area (Å²) in [5, 5.41) is 22.7. The molecule has 1 heterocycles. The van der Waals surface area contributed by atoms with E-state index in [1.54, 1.807) is 10.3 Å². The normalized spacial score (nSPS) is 14.7. The van der Waals surface area contributed by atoms with Crippen LogP contribution in [0.3, 0.4) is 0 Å². The van der Waals surface area contributed by atoms with Crippen molar-refractivity contribution in [2.24, 2.45) is 16.5 Å². The number of hydrogen-bond acceptors (Lipinski definition) is 12. The largest absolute Gasteiger partial charge is 0.445 e. The Bertz CT molecular complexity index is 1030. The third kappa shape index (κ3) is 14.0. The number of rotatable bonds is 18. The molecule has 0 spiro atoms. The van der Waals surface area contributed by atoms with Crippen molar-refractivity contribution in [3.63, 3.8) is 0 Å². The van der Waals surface area contributed by atoms with Crippen LogP contribution >= 0.6 is 0 Å². The highest BCUT2D eigenvalue weighted by molar-refractivity contribution is 5.81. The molecule has 18 nitrogen and oxygen atoms in total. The van der Waals surface area contributed by atoms with E-state index in [4.69, 9.17) is 25.7 Å². The van der Waals surface area contributed by atoms with Gasteiger partial charge in [0.1, 0.15) is 6.61 Å². The SMILES string of the molecule is NC(=NCCC[C@H](N)C(=O)N1CCN(CCOCCOCCNC(=O)OCc2ccc([N+](=O)[O-])cc2)CC1)N[N+](=O)[O-]. The van der Waals surface area contributed by atoms with Gasteiger partial charge in [0.15, 0.2) is 5.03 Å². The first-order valence-corrected chi connectivity index (χ1v) is 13.4. The smallest absolute Gasteiger partial charge is 0.407 e. The van der Waals surface area contributed by atoms with Gasteiger partial charge in [-0.1, -0.05) is 5.43 Å². The Labute approximate surface area is 242 Å². The van der Waals surface area contributed by atoms with Crippen molar-refractivity contribution in [1.29, 1.82) is 0 Å². The summed E-state index contributed by atoms with van der Waals surface area (Å²) in [6.45, 7) is 5.31. The maximum atomic E-state index is 12.6. The molecule has 1 fully saturated rings. The molecule has 0 bridgehead atoms. The molecule has 0 aliphatic carbocycles. The molecule has 18 heteroatoms. The Balaban J connectivity index is 1.43. The Kier molecular flexibility index (Phi) is 15.5. The van der Waals surface area contributed by atoms with Crippen molar-refractivity contribution in [1.82, 2.24) is 20.5 Å². The molecule has 1 saturated heterocycles. The van der Waals surface area contributed by atoms with E-state index in [2.05, 4.69) is 15.2 Å². The van der Waals surface area contributed by atoms with Crippen LogP contribution in [0.15, 0.2) is 29.3 Å². The van der Waals surface area contributed by atoms with E-state index in [-0.39, 0.29) is 43.9 Å². The zero-order chi connectivity index (χ0) is 30.7. The van der Waals surface area contributed by atoms with E-state index in [1.165, 1.54) is 24.3 Å². The van der Waals surface area contributed by atoms with Crippen molar-refractivity contribution in [3.05, 3.63) is 50.1 Å². The van der Waals surface area contributed by atoms with Gasteiger partial charge < -0.3 is 35.9 Å². The summed E-state index contributed by atoms with van der Waals surface area (Å²) in [4.78, 5) is 52.5. The van der Waals surface area contributed by atoms with Gasteiger partial charge in [0.2, 0.25) is 5.91 Å². The van der Waals surface area contributed by atoms with Gasteiger partial charge >= 0.3 is 6.09 Å². The average molecular weight is 598 g/mol. The topological polar surface area (TPSA) is 243 Å². The number of hydrogen-bond donors (Lipinski definition) is 4. The lowest BCUT2D eigenvalue weighted by Crippen LogP contribution is -2.53. The first-order chi connectivity index (χ1) is 20.2. The third-order valence-corrected chi connectivity index (χ3v) is 6.12. The predicted octanol–water partition coefficient (Wildman–Crippen LogP) is -0.798. The van der Waals surface area contributed by atoms with Crippen molar-refractivity contribution in [3.8, 4) is 0 Å². The fraction of sp³-hybridized carbons (Fsp3) is 0.625. The van der Waals surface area contributed by atoms with Crippen LogP contribution in [0, 0.1) is 20.2 Å². The Morgan fingerprint density at radius 2 is 1.69 bits per heavy atom. The second-order valence-electron chi connectivity index (χ2n) is 9.20. The van der Waals surface area contributed by atoms with E-state index < -0.39 is 22.1 Å². The Morgan fingerprint density at radius 3 is 2.33 bits per heavy atom. The number of non-ortho nitro benzene ring substituents is 1. The fourth-order valence-electron chi connectivity index (χ4n) is 3.84. The predicted molar refractivity (Wildman–Crippen MR) is 150 cm³/mol. The maximum absolute atomic E-state index is 12.6. The first-order valence-electron chi connectivity index (χ1n) is 13.4. The molecule has 234 valence electrons. The Hall–Kier alpha value is -4.13. The highest BCUT2D eigenvalue weighted by Crippen LogP contribution is 2.12. The number of carbonyl (C=O) groups excluding carboxylic acids is 2. The fourth-order valence-corrected chi connectivity index (χ4v) is 3.84. The van der Waals surface area contributed by atoms with E-state index in [0.29, 0.717) is 70.9 Å². The Morgan fingerprint density at radius 1 is 1.02 bits per heavy atom. The number of piperazine rings is 1. The number of nitro benzene ring substituents is 1. The summed E-state index contributed by atoms with van der Waals surface area (Å²) in [7, 11) is 0. The van der Waals surface area contributed by atoms with Crippen molar-refractivity contribution in [2.45, 2.75) is 25.5 Å². The number of amides is 2. The summed E-state index contributed by atoms with van der Waals surface area (Å²) >= 11 is 0. The number of nitrogens with zero attached hydrogens (tertiary/aromatic N) is 5. The van der Waals surface area contributed by atoms with Gasteiger partial charge in [0, 0.05) is 57.9 Å². The van der Waals surface area contributed by atoms with Crippen molar-refractivity contribution < 1.29 is 33.8 Å². The zero-order valence-corrected chi connectivity index (χ0v) is 23.4. The van der Waals surface area contributed by atoms with Gasteiger partial charge in [-0.15, -0.1) is 0 Å². The summed E-state index contributed by atoms with van der Waals surface area (Å²) < 4.78 is 16.1. The summed E-state index contributed by atoms with van der Waals surface area (Å²) in [6.07, 6.45) is 0.259. The highest BCUT2D eigenvalue weighted by Gasteiger charge is 2.24. The molecule has 42 heavy (non-hydrogen) atoms. The molecule has 6 N–H and O–H groups in total. The summed E-state index contributed by atoms with van der Waals surface area (Å²) in [5.41, 5.74) is 13.7. The van der Waals surface area contributed by atoms with Gasteiger partial charge in [-0.3, -0.25) is 19.8 Å². The van der Waals surface area contributed by atoms with Crippen molar-refractivity contribution >= 4 is 23.6 Å². The molecular weight excluding hydrogens is 558 g/mol. The van der Waals surface area contributed by atoms with E-state index in [0.717, 1.165) is 0 Å². The van der Waals surface area contributed by atoms with Crippen LogP contribution in [-0.4, -0.2) is 116 Å². The second-order valence-corrected chi connectivity index (χ2v) is 9.20. The van der Waals surface area contributed by atoms with Gasteiger partial charge in [-0.2, -0.15) is 0 Å². The molecule has 1 aromatic rings. The van der Waals surface area contributed by atoms with Crippen LogP contribution in [0.4, 0.5) is 10.5 Å². The molecule has 2 rings (SSSR count). The number of nitrogens with two attached hydrogens (primary N) is 2. The van der Waals surface area contributed by atoms with Gasteiger partial charge in [-0.05, 0) is 30.5 Å². The molecule has 0 radical (unpaired) electrons.